The molecule has 1 saturated heterocycles. The lowest BCUT2D eigenvalue weighted by molar-refractivity contribution is 0.0277. The van der Waals surface area contributed by atoms with Crippen LogP contribution >= 0.6 is 0 Å². The maximum atomic E-state index is 8.89. The van der Waals surface area contributed by atoms with Crippen LogP contribution in [-0.2, 0) is 4.74 Å². The third-order valence-corrected chi connectivity index (χ3v) is 4.41. The Morgan fingerprint density at radius 1 is 1.04 bits per heavy atom. The van der Waals surface area contributed by atoms with Gasteiger partial charge in [-0.05, 0) is 29.3 Å². The lowest BCUT2D eigenvalue weighted by atomic mass is 10.0. The van der Waals surface area contributed by atoms with Gasteiger partial charge in [-0.25, -0.2) is 0 Å². The number of nitrogens with one attached hydrogen (secondary N) is 2. The van der Waals surface area contributed by atoms with Crippen LogP contribution in [-0.4, -0.2) is 29.9 Å². The number of hydrogen-bond donors (Lipinski definition) is 2. The highest BCUT2D eigenvalue weighted by atomic mass is 16.5. The minimum atomic E-state index is 0.121. The number of ether oxygens (including phenoxy) is 1. The molecule has 3 aromatic rings. The van der Waals surface area contributed by atoms with Gasteiger partial charge in [0.25, 0.3) is 0 Å². The Morgan fingerprint density at radius 3 is 2.48 bits per heavy atom. The fraction of sp³-hybridized carbons (Fsp3) is 0.200. The zero-order chi connectivity index (χ0) is 17.1. The summed E-state index contributed by atoms with van der Waals surface area (Å²) in [4.78, 5) is 0. The van der Waals surface area contributed by atoms with Crippen molar-refractivity contribution in [3.8, 4) is 28.6 Å². The van der Waals surface area contributed by atoms with Gasteiger partial charge >= 0.3 is 0 Å². The molecule has 0 radical (unpaired) electrons. The average molecular weight is 330 g/mol. The molecular weight excluding hydrogens is 312 g/mol. The third-order valence-electron chi connectivity index (χ3n) is 4.41. The summed E-state index contributed by atoms with van der Waals surface area (Å²) in [6.45, 7) is 2.52. The number of morpholine rings is 1. The molecule has 4 rings (SSSR count). The molecule has 0 bridgehead atoms. The van der Waals surface area contributed by atoms with Gasteiger partial charge < -0.3 is 10.1 Å². The Kier molecular flexibility index (Phi) is 4.30. The first-order chi connectivity index (χ1) is 12.3. The number of benzene rings is 2. The van der Waals surface area contributed by atoms with Crippen molar-refractivity contribution in [3.63, 3.8) is 0 Å². The maximum absolute atomic E-state index is 8.89. The molecule has 1 aromatic heterocycles. The molecule has 1 fully saturated rings. The predicted molar refractivity (Wildman–Crippen MR) is 95.7 cm³/mol. The standard InChI is InChI=1S/C20H18N4O/c21-12-14-1-3-15(4-2-14)18-11-19(24-23-18)16-5-7-17(8-6-16)20-13-22-9-10-25-20/h1-8,11,20,22H,9-10,13H2,(H,23,24)/t20-/m1/s1. The maximum Gasteiger partial charge on any atom is 0.0991 e. The average Bonchev–Trinajstić information content (AvgIpc) is 3.19. The van der Waals surface area contributed by atoms with Crippen LogP contribution in [0.5, 0.6) is 0 Å². The van der Waals surface area contributed by atoms with Crippen LogP contribution in [0, 0.1) is 11.3 Å². The van der Waals surface area contributed by atoms with Crippen LogP contribution in [0.4, 0.5) is 0 Å². The topological polar surface area (TPSA) is 73.7 Å². The summed E-state index contributed by atoms with van der Waals surface area (Å²) >= 11 is 0. The molecule has 1 aliphatic heterocycles. The highest BCUT2D eigenvalue weighted by Gasteiger charge is 2.15. The van der Waals surface area contributed by atoms with Gasteiger partial charge in [-0.15, -0.1) is 0 Å². The first-order valence-corrected chi connectivity index (χ1v) is 8.32. The Balaban J connectivity index is 1.54. The van der Waals surface area contributed by atoms with Crippen molar-refractivity contribution < 1.29 is 4.74 Å². The second-order valence-corrected chi connectivity index (χ2v) is 6.04. The Hall–Kier alpha value is -2.94. The monoisotopic (exact) mass is 330 g/mol. The van der Waals surface area contributed by atoms with Crippen molar-refractivity contribution in [1.29, 1.82) is 5.26 Å². The molecule has 1 aliphatic rings. The molecule has 2 heterocycles. The minimum absolute atomic E-state index is 0.121. The number of aromatic amines is 1. The van der Waals surface area contributed by atoms with Crippen molar-refractivity contribution in [2.24, 2.45) is 0 Å². The summed E-state index contributed by atoms with van der Waals surface area (Å²) in [7, 11) is 0. The van der Waals surface area contributed by atoms with Gasteiger partial charge in [0.05, 0.1) is 35.7 Å². The fourth-order valence-electron chi connectivity index (χ4n) is 2.99. The molecule has 5 heteroatoms. The van der Waals surface area contributed by atoms with Crippen molar-refractivity contribution in [2.45, 2.75) is 6.10 Å². The number of nitriles is 1. The summed E-state index contributed by atoms with van der Waals surface area (Å²) in [5.41, 5.74) is 5.73. The molecule has 2 N–H and O–H groups in total. The summed E-state index contributed by atoms with van der Waals surface area (Å²) < 4.78 is 5.78. The zero-order valence-corrected chi connectivity index (χ0v) is 13.7. The van der Waals surface area contributed by atoms with Gasteiger partial charge in [0.15, 0.2) is 0 Å². The third kappa shape index (κ3) is 3.31. The van der Waals surface area contributed by atoms with Crippen molar-refractivity contribution in [3.05, 3.63) is 65.7 Å². The summed E-state index contributed by atoms with van der Waals surface area (Å²) in [6.07, 6.45) is 0.121. The van der Waals surface area contributed by atoms with E-state index >= 15 is 0 Å². The predicted octanol–water partition coefficient (Wildman–Crippen LogP) is 3.28. The van der Waals surface area contributed by atoms with Crippen molar-refractivity contribution in [2.75, 3.05) is 19.7 Å². The molecule has 0 aliphatic carbocycles. The zero-order valence-electron chi connectivity index (χ0n) is 13.7. The first kappa shape index (κ1) is 15.6. The van der Waals surface area contributed by atoms with Crippen LogP contribution in [0.1, 0.15) is 17.2 Å². The van der Waals surface area contributed by atoms with Crippen LogP contribution in [0.25, 0.3) is 22.5 Å². The molecule has 0 spiro atoms. The number of rotatable bonds is 3. The lowest BCUT2D eigenvalue weighted by Crippen LogP contribution is -2.33. The highest BCUT2D eigenvalue weighted by molar-refractivity contribution is 5.68. The molecule has 1 atom stereocenters. The number of aromatic nitrogens is 2. The van der Waals surface area contributed by atoms with Gasteiger partial charge in [-0.3, -0.25) is 5.10 Å². The molecule has 0 saturated carbocycles. The molecule has 25 heavy (non-hydrogen) atoms. The van der Waals surface area contributed by atoms with E-state index in [1.165, 1.54) is 5.56 Å². The summed E-state index contributed by atoms with van der Waals surface area (Å²) in [5.74, 6) is 0. The van der Waals surface area contributed by atoms with Gasteiger partial charge in [0, 0.05) is 18.7 Å². The van der Waals surface area contributed by atoms with E-state index in [0.29, 0.717) is 5.56 Å². The number of hydrogen-bond acceptors (Lipinski definition) is 4. The Morgan fingerprint density at radius 2 is 1.80 bits per heavy atom. The molecule has 2 aromatic carbocycles. The summed E-state index contributed by atoms with van der Waals surface area (Å²) in [6, 6.07) is 20.0. The molecule has 0 amide bonds. The van der Waals surface area contributed by atoms with Crippen molar-refractivity contribution in [1.82, 2.24) is 15.5 Å². The first-order valence-electron chi connectivity index (χ1n) is 8.32. The van der Waals surface area contributed by atoms with Gasteiger partial charge in [-0.1, -0.05) is 36.4 Å². The quantitative estimate of drug-likeness (QED) is 0.773. The van der Waals surface area contributed by atoms with E-state index in [-0.39, 0.29) is 6.10 Å². The molecule has 0 unspecified atom stereocenters. The summed E-state index contributed by atoms with van der Waals surface area (Å²) in [5, 5.41) is 19.7. The number of H-pyrrole nitrogens is 1. The lowest BCUT2D eigenvalue weighted by Gasteiger charge is -2.24. The Bertz CT molecular complexity index is 885. The van der Waals surface area contributed by atoms with Crippen LogP contribution in [0.15, 0.2) is 54.6 Å². The largest absolute Gasteiger partial charge is 0.371 e. The molecular formula is C20H18N4O. The van der Waals surface area contributed by atoms with Gasteiger partial charge in [0.2, 0.25) is 0 Å². The minimum Gasteiger partial charge on any atom is -0.371 e. The number of nitrogens with zero attached hydrogens (tertiary/aromatic N) is 2. The van der Waals surface area contributed by atoms with Crippen LogP contribution in [0.2, 0.25) is 0 Å². The smallest absolute Gasteiger partial charge is 0.0991 e. The fourth-order valence-corrected chi connectivity index (χ4v) is 2.99. The SMILES string of the molecule is N#Cc1ccc(-c2cc(-c3ccc([C@H]4CNCCO4)cc3)n[nH]2)cc1. The van der Waals surface area contributed by atoms with E-state index in [9.17, 15) is 0 Å². The van der Waals surface area contributed by atoms with E-state index in [1.54, 1.807) is 0 Å². The van der Waals surface area contributed by atoms with Gasteiger partial charge in [0.1, 0.15) is 0 Å². The van der Waals surface area contributed by atoms with E-state index in [0.717, 1.165) is 42.2 Å². The van der Waals surface area contributed by atoms with Crippen molar-refractivity contribution >= 4 is 0 Å². The molecule has 124 valence electrons. The van der Waals surface area contributed by atoms with E-state index in [1.807, 2.05) is 30.3 Å². The highest BCUT2D eigenvalue weighted by Crippen LogP contribution is 2.26. The van der Waals surface area contributed by atoms with Gasteiger partial charge in [-0.2, -0.15) is 10.4 Å². The normalized spacial score (nSPS) is 17.2. The second kappa shape index (κ2) is 6.89. The Labute approximate surface area is 146 Å². The van der Waals surface area contributed by atoms with E-state index in [4.69, 9.17) is 10.00 Å². The van der Waals surface area contributed by atoms with E-state index in [2.05, 4.69) is 45.8 Å². The van der Waals surface area contributed by atoms with E-state index < -0.39 is 0 Å². The van der Waals surface area contributed by atoms with Crippen LogP contribution < -0.4 is 5.32 Å². The molecule has 5 nitrogen and oxygen atoms in total. The second-order valence-electron chi connectivity index (χ2n) is 6.04. The van der Waals surface area contributed by atoms with Crippen LogP contribution in [0.3, 0.4) is 0 Å².